The maximum absolute atomic E-state index is 4.89. The van der Waals surface area contributed by atoms with Gasteiger partial charge in [-0.25, -0.2) is 19.9 Å². The molecule has 12 nitrogen and oxygen atoms in total. The van der Waals surface area contributed by atoms with Gasteiger partial charge in [0.25, 0.3) is 0 Å². The molecule has 9 heterocycles. The van der Waals surface area contributed by atoms with E-state index in [1.807, 2.05) is 49.7 Å². The fourth-order valence-corrected chi connectivity index (χ4v) is 7.48. The van der Waals surface area contributed by atoms with Gasteiger partial charge >= 0.3 is 0 Å². The molecule has 0 unspecified atom stereocenters. The molecule has 0 atom stereocenters. The third-order valence-electron chi connectivity index (χ3n) is 10.0. The van der Waals surface area contributed by atoms with E-state index in [0.29, 0.717) is 0 Å². The lowest BCUT2D eigenvalue weighted by atomic mass is 10.1. The highest BCUT2D eigenvalue weighted by Gasteiger charge is 2.22. The van der Waals surface area contributed by atoms with Crippen molar-refractivity contribution < 1.29 is 0 Å². The SMILES string of the molecule is CCn1cncc1C1=c2ccc([nH]2)=C(c2nccn2CC)c2ccc([nH]2)C(c2nccn2CC)=c2ccc([nH]2)=C(c2nccn2CC)c2ccc1[nH]2. The van der Waals surface area contributed by atoms with Crippen molar-refractivity contribution in [3.05, 3.63) is 166 Å². The Morgan fingerprint density at radius 3 is 1.19 bits per heavy atom. The van der Waals surface area contributed by atoms with Crippen molar-refractivity contribution in [2.45, 2.75) is 53.9 Å². The largest absolute Gasteiger partial charge is 0.354 e. The molecule has 0 amide bonds. The molecule has 0 aliphatic carbocycles. The van der Waals surface area contributed by atoms with Gasteiger partial charge in [0, 0.05) is 68.9 Å². The Morgan fingerprint density at radius 2 is 0.808 bits per heavy atom. The molecule has 8 aromatic rings. The summed E-state index contributed by atoms with van der Waals surface area (Å²) in [5.41, 5.74) is 8.72. The van der Waals surface area contributed by atoms with Crippen molar-refractivity contribution in [3.8, 4) is 0 Å². The maximum atomic E-state index is 4.89. The summed E-state index contributed by atoms with van der Waals surface area (Å²) in [5.74, 6) is 2.61. The van der Waals surface area contributed by atoms with Crippen LogP contribution in [0, 0.1) is 0 Å². The molecule has 9 rings (SSSR count). The first-order valence-electron chi connectivity index (χ1n) is 17.9. The van der Waals surface area contributed by atoms with E-state index in [1.165, 1.54) is 0 Å². The summed E-state index contributed by atoms with van der Waals surface area (Å²) in [6.45, 7) is 11.7. The predicted molar refractivity (Wildman–Crippen MR) is 200 cm³/mol. The van der Waals surface area contributed by atoms with Gasteiger partial charge in [-0.15, -0.1) is 0 Å². The number of aromatic amines is 4. The molecule has 12 heteroatoms. The van der Waals surface area contributed by atoms with Crippen molar-refractivity contribution in [1.82, 2.24) is 58.1 Å². The normalized spacial score (nSPS) is 13.2. The summed E-state index contributed by atoms with van der Waals surface area (Å²) in [6.07, 6.45) is 15.5. The fourth-order valence-electron chi connectivity index (χ4n) is 7.48. The van der Waals surface area contributed by atoms with Crippen molar-refractivity contribution in [3.63, 3.8) is 0 Å². The third-order valence-corrected chi connectivity index (χ3v) is 10.0. The van der Waals surface area contributed by atoms with E-state index >= 15 is 0 Å². The highest BCUT2D eigenvalue weighted by molar-refractivity contribution is 5.82. The summed E-state index contributed by atoms with van der Waals surface area (Å²) >= 11 is 0. The lowest BCUT2D eigenvalue weighted by molar-refractivity contribution is 0.746. The first kappa shape index (κ1) is 31.4. The van der Waals surface area contributed by atoms with E-state index in [0.717, 1.165) is 116 Å². The number of hydrogen-bond donors (Lipinski definition) is 4. The Labute approximate surface area is 299 Å². The first-order chi connectivity index (χ1) is 25.6. The average Bonchev–Trinajstić information content (AvgIpc) is 4.02. The minimum Gasteiger partial charge on any atom is -0.354 e. The number of nitrogens with one attached hydrogen (secondary N) is 4. The summed E-state index contributed by atoms with van der Waals surface area (Å²) in [6, 6.07) is 17.2. The molecule has 8 bridgehead atoms. The standard InChI is InChI=1S/C40H40N12/c1-5-49-20-17-42-38(49)35-27-11-9-25(45-27)34(33-23-41-24-52(33)8-4)26-10-12-28(46-26)36(39-43-18-21-50(39)6-2)30-14-16-32(48-30)37(31-15-13-29(35)47-31)40-44-19-22-51(40)7-3/h9-24,45-48H,5-8H2,1-4H3. The molecule has 0 fully saturated rings. The van der Waals surface area contributed by atoms with E-state index in [2.05, 4.69) is 119 Å². The highest BCUT2D eigenvalue weighted by atomic mass is 15.1. The molecule has 1 aliphatic heterocycles. The molecular formula is C40H40N12. The van der Waals surface area contributed by atoms with Gasteiger partial charge in [0.2, 0.25) is 0 Å². The number of aromatic nitrogens is 12. The first-order valence-corrected chi connectivity index (χ1v) is 17.9. The van der Waals surface area contributed by atoms with Crippen molar-refractivity contribution in [2.75, 3.05) is 0 Å². The van der Waals surface area contributed by atoms with E-state index in [9.17, 15) is 0 Å². The molecule has 0 saturated heterocycles. The summed E-state index contributed by atoms with van der Waals surface area (Å²) in [7, 11) is 0. The van der Waals surface area contributed by atoms with Gasteiger partial charge in [0.15, 0.2) is 0 Å². The van der Waals surface area contributed by atoms with E-state index in [-0.39, 0.29) is 0 Å². The minimum atomic E-state index is 0.780. The minimum absolute atomic E-state index is 0.780. The van der Waals surface area contributed by atoms with Crippen LogP contribution in [0.1, 0.15) is 73.6 Å². The van der Waals surface area contributed by atoms with Gasteiger partial charge in [0.1, 0.15) is 17.5 Å². The second-order valence-electron chi connectivity index (χ2n) is 12.8. The number of aryl methyl sites for hydroxylation is 4. The van der Waals surface area contributed by atoms with Gasteiger partial charge in [-0.3, -0.25) is 0 Å². The van der Waals surface area contributed by atoms with Crippen LogP contribution in [-0.2, 0) is 26.2 Å². The van der Waals surface area contributed by atoms with Crippen molar-refractivity contribution >= 4 is 22.3 Å². The number of imidazole rings is 4. The Morgan fingerprint density at radius 1 is 0.442 bits per heavy atom. The summed E-state index contributed by atoms with van der Waals surface area (Å²) in [5, 5.41) is 3.78. The zero-order valence-corrected chi connectivity index (χ0v) is 29.6. The lowest BCUT2D eigenvalue weighted by Crippen LogP contribution is -2.21. The highest BCUT2D eigenvalue weighted by Crippen LogP contribution is 2.27. The second kappa shape index (κ2) is 12.6. The molecule has 1 aliphatic rings. The Bertz CT molecular complexity index is 2440. The van der Waals surface area contributed by atoms with Gasteiger partial charge in [-0.05, 0) is 76.2 Å². The van der Waals surface area contributed by atoms with Crippen LogP contribution in [0.4, 0.5) is 0 Å². The monoisotopic (exact) mass is 688 g/mol. The number of rotatable bonds is 8. The van der Waals surface area contributed by atoms with Gasteiger partial charge in [-0.2, -0.15) is 0 Å². The van der Waals surface area contributed by atoms with Crippen LogP contribution in [0.2, 0.25) is 0 Å². The van der Waals surface area contributed by atoms with Crippen molar-refractivity contribution in [2.24, 2.45) is 0 Å². The molecule has 4 N–H and O–H groups in total. The molecule has 0 radical (unpaired) electrons. The summed E-state index contributed by atoms with van der Waals surface area (Å²) in [4.78, 5) is 34.5. The van der Waals surface area contributed by atoms with E-state index in [1.54, 1.807) is 0 Å². The number of nitrogens with zero attached hydrogens (tertiary/aromatic N) is 8. The lowest BCUT2D eigenvalue weighted by Gasteiger charge is -2.11. The van der Waals surface area contributed by atoms with E-state index < -0.39 is 0 Å². The van der Waals surface area contributed by atoms with E-state index in [4.69, 9.17) is 15.0 Å². The molecule has 0 aromatic carbocycles. The molecule has 260 valence electrons. The quantitative estimate of drug-likeness (QED) is 0.195. The average molecular weight is 689 g/mol. The Balaban J connectivity index is 1.45. The van der Waals surface area contributed by atoms with Crippen LogP contribution in [0.25, 0.3) is 22.3 Å². The number of H-pyrrole nitrogens is 4. The smallest absolute Gasteiger partial charge is 0.144 e. The van der Waals surface area contributed by atoms with Crippen LogP contribution < -0.4 is 21.4 Å². The molecule has 52 heavy (non-hydrogen) atoms. The zero-order valence-electron chi connectivity index (χ0n) is 29.6. The molecule has 8 aromatic heterocycles. The van der Waals surface area contributed by atoms with Crippen molar-refractivity contribution in [1.29, 1.82) is 0 Å². The van der Waals surface area contributed by atoms with Crippen LogP contribution in [0.5, 0.6) is 0 Å². The molecular weight excluding hydrogens is 649 g/mol. The predicted octanol–water partition coefficient (Wildman–Crippen LogP) is 3.17. The molecule has 0 spiro atoms. The Kier molecular flexibility index (Phi) is 7.64. The zero-order chi connectivity index (χ0) is 35.3. The Hall–Kier alpha value is -6.56. The van der Waals surface area contributed by atoms with Gasteiger partial charge < -0.3 is 38.2 Å². The maximum Gasteiger partial charge on any atom is 0.144 e. The van der Waals surface area contributed by atoms with Crippen LogP contribution in [-0.4, -0.2) is 58.1 Å². The van der Waals surface area contributed by atoms with Crippen LogP contribution >= 0.6 is 0 Å². The topological polar surface area (TPSA) is 134 Å². The molecule has 0 saturated carbocycles. The van der Waals surface area contributed by atoms with Crippen LogP contribution in [0.15, 0.2) is 98.2 Å². The third kappa shape index (κ3) is 4.97. The van der Waals surface area contributed by atoms with Gasteiger partial charge in [-0.1, -0.05) is 0 Å². The summed E-state index contributed by atoms with van der Waals surface area (Å²) < 4.78 is 8.69. The van der Waals surface area contributed by atoms with Crippen LogP contribution in [0.3, 0.4) is 0 Å². The fraction of sp³-hybridized carbons (Fsp3) is 0.200. The van der Waals surface area contributed by atoms with Gasteiger partial charge in [0.05, 0.1) is 79.1 Å². The second-order valence-corrected chi connectivity index (χ2v) is 12.8. The number of hydrogen-bond acceptors (Lipinski definition) is 4. The number of fused-ring (bicyclic) bond motifs is 8.